The standard InChI is InChI=1S/C18H15FN2O2S/c1-11-4-3-5-14(10-11)17-20-21-18(23-17)24-12(2)16(22)13-6-8-15(19)9-7-13/h3-10,12H,1-2H3/t12-/m1/s1. The molecule has 1 aromatic heterocycles. The zero-order valence-corrected chi connectivity index (χ0v) is 14.0. The van der Waals surface area contributed by atoms with Crippen LogP contribution >= 0.6 is 11.8 Å². The van der Waals surface area contributed by atoms with E-state index in [2.05, 4.69) is 10.2 Å². The Hall–Kier alpha value is -2.47. The molecular weight excluding hydrogens is 327 g/mol. The van der Waals surface area contributed by atoms with Gasteiger partial charge in [0, 0.05) is 11.1 Å². The van der Waals surface area contributed by atoms with Crippen LogP contribution in [-0.2, 0) is 0 Å². The van der Waals surface area contributed by atoms with Crippen LogP contribution in [0.15, 0.2) is 58.2 Å². The molecule has 6 heteroatoms. The highest BCUT2D eigenvalue weighted by atomic mass is 32.2. The normalized spacial score (nSPS) is 12.1. The van der Waals surface area contributed by atoms with E-state index >= 15 is 0 Å². The van der Waals surface area contributed by atoms with Crippen molar-refractivity contribution in [3.8, 4) is 11.5 Å². The smallest absolute Gasteiger partial charge is 0.277 e. The predicted octanol–water partition coefficient (Wildman–Crippen LogP) is 4.55. The zero-order chi connectivity index (χ0) is 17.1. The molecule has 3 aromatic rings. The third kappa shape index (κ3) is 3.71. The van der Waals surface area contributed by atoms with Crippen molar-refractivity contribution in [2.45, 2.75) is 24.3 Å². The summed E-state index contributed by atoms with van der Waals surface area (Å²) in [5.41, 5.74) is 2.39. The van der Waals surface area contributed by atoms with Crippen molar-refractivity contribution in [2.24, 2.45) is 0 Å². The molecule has 0 amide bonds. The number of hydrogen-bond acceptors (Lipinski definition) is 5. The number of rotatable bonds is 5. The second kappa shape index (κ2) is 6.97. The molecule has 24 heavy (non-hydrogen) atoms. The van der Waals surface area contributed by atoms with Crippen LogP contribution in [0.5, 0.6) is 0 Å². The molecule has 0 aliphatic rings. The minimum absolute atomic E-state index is 0.115. The molecule has 3 rings (SSSR count). The number of carbonyl (C=O) groups is 1. The van der Waals surface area contributed by atoms with Crippen LogP contribution in [0.4, 0.5) is 4.39 Å². The van der Waals surface area contributed by atoms with Crippen LogP contribution in [0.3, 0.4) is 0 Å². The van der Waals surface area contributed by atoms with Crippen LogP contribution in [0.1, 0.15) is 22.8 Å². The lowest BCUT2D eigenvalue weighted by atomic mass is 10.1. The first kappa shape index (κ1) is 16.4. The number of aryl methyl sites for hydroxylation is 1. The molecule has 0 unspecified atom stereocenters. The van der Waals surface area contributed by atoms with Gasteiger partial charge in [0.2, 0.25) is 5.89 Å². The molecule has 0 N–H and O–H groups in total. The Morgan fingerprint density at radius 3 is 2.62 bits per heavy atom. The van der Waals surface area contributed by atoms with Gasteiger partial charge in [0.1, 0.15) is 5.82 Å². The van der Waals surface area contributed by atoms with Crippen LogP contribution in [0, 0.1) is 12.7 Å². The summed E-state index contributed by atoms with van der Waals surface area (Å²) < 4.78 is 18.6. The topological polar surface area (TPSA) is 56.0 Å². The lowest BCUT2D eigenvalue weighted by Gasteiger charge is -2.07. The Morgan fingerprint density at radius 1 is 1.17 bits per heavy atom. The van der Waals surface area contributed by atoms with E-state index in [0.717, 1.165) is 11.1 Å². The maximum absolute atomic E-state index is 12.9. The van der Waals surface area contributed by atoms with Gasteiger partial charge in [-0.2, -0.15) is 0 Å². The van der Waals surface area contributed by atoms with Crippen molar-refractivity contribution in [2.75, 3.05) is 0 Å². The molecule has 0 radical (unpaired) electrons. The number of hydrogen-bond donors (Lipinski definition) is 0. The van der Waals surface area contributed by atoms with Gasteiger partial charge in [-0.25, -0.2) is 4.39 Å². The Balaban J connectivity index is 1.72. The molecule has 2 aromatic carbocycles. The first-order valence-electron chi connectivity index (χ1n) is 7.40. The van der Waals surface area contributed by atoms with Gasteiger partial charge < -0.3 is 4.42 Å². The predicted molar refractivity (Wildman–Crippen MR) is 90.5 cm³/mol. The van der Waals surface area contributed by atoms with Crippen molar-refractivity contribution in [3.05, 3.63) is 65.5 Å². The molecule has 0 bridgehead atoms. The molecule has 1 atom stereocenters. The van der Waals surface area contributed by atoms with E-state index in [-0.39, 0.29) is 11.6 Å². The molecular formula is C18H15FN2O2S. The number of benzene rings is 2. The van der Waals surface area contributed by atoms with E-state index in [1.54, 1.807) is 6.92 Å². The third-order valence-electron chi connectivity index (χ3n) is 3.45. The monoisotopic (exact) mass is 342 g/mol. The van der Waals surface area contributed by atoms with Gasteiger partial charge in [-0.3, -0.25) is 4.79 Å². The van der Waals surface area contributed by atoms with E-state index in [1.807, 2.05) is 31.2 Å². The Bertz CT molecular complexity index is 861. The summed E-state index contributed by atoms with van der Waals surface area (Å²) in [6.07, 6.45) is 0. The van der Waals surface area contributed by atoms with Crippen molar-refractivity contribution in [1.29, 1.82) is 0 Å². The summed E-state index contributed by atoms with van der Waals surface area (Å²) in [5.74, 6) is -0.0653. The third-order valence-corrected chi connectivity index (χ3v) is 4.38. The summed E-state index contributed by atoms with van der Waals surface area (Å²) >= 11 is 1.19. The maximum atomic E-state index is 12.9. The number of halogens is 1. The molecule has 0 spiro atoms. The van der Waals surface area contributed by atoms with E-state index < -0.39 is 5.25 Å². The van der Waals surface area contributed by atoms with Gasteiger partial charge in [-0.05, 0) is 50.2 Å². The Labute approximate surface area is 143 Å². The average Bonchev–Trinajstić information content (AvgIpc) is 3.03. The lowest BCUT2D eigenvalue weighted by Crippen LogP contribution is -2.13. The van der Waals surface area contributed by atoms with Crippen LogP contribution in [-0.4, -0.2) is 21.2 Å². The molecule has 4 nitrogen and oxygen atoms in total. The Morgan fingerprint density at radius 2 is 1.92 bits per heavy atom. The van der Waals surface area contributed by atoms with Gasteiger partial charge in [-0.15, -0.1) is 10.2 Å². The van der Waals surface area contributed by atoms with Gasteiger partial charge in [-0.1, -0.05) is 29.5 Å². The highest BCUT2D eigenvalue weighted by Gasteiger charge is 2.20. The van der Waals surface area contributed by atoms with Crippen molar-refractivity contribution in [1.82, 2.24) is 10.2 Å². The van der Waals surface area contributed by atoms with Crippen LogP contribution in [0.25, 0.3) is 11.5 Å². The quantitative estimate of drug-likeness (QED) is 0.503. The maximum Gasteiger partial charge on any atom is 0.277 e. The molecule has 0 fully saturated rings. The fourth-order valence-electron chi connectivity index (χ4n) is 2.21. The van der Waals surface area contributed by atoms with E-state index in [9.17, 15) is 9.18 Å². The second-order valence-corrected chi connectivity index (χ2v) is 6.67. The summed E-state index contributed by atoms with van der Waals surface area (Å²) in [7, 11) is 0. The SMILES string of the molecule is Cc1cccc(-c2nnc(S[C@H](C)C(=O)c3ccc(F)cc3)o2)c1. The largest absolute Gasteiger partial charge is 0.411 e. The van der Waals surface area contributed by atoms with Gasteiger partial charge in [0.05, 0.1) is 5.25 Å². The molecule has 0 saturated heterocycles. The number of aromatic nitrogens is 2. The molecule has 0 aliphatic carbocycles. The number of thioether (sulfide) groups is 1. The molecule has 0 aliphatic heterocycles. The fraction of sp³-hybridized carbons (Fsp3) is 0.167. The molecule has 122 valence electrons. The summed E-state index contributed by atoms with van der Waals surface area (Å²) in [6.45, 7) is 3.74. The van der Waals surface area contributed by atoms with E-state index in [0.29, 0.717) is 16.7 Å². The second-order valence-electron chi connectivity index (χ2n) is 5.37. The van der Waals surface area contributed by atoms with Crippen LogP contribution in [0.2, 0.25) is 0 Å². The number of nitrogens with zero attached hydrogens (tertiary/aromatic N) is 2. The average molecular weight is 342 g/mol. The van der Waals surface area contributed by atoms with Crippen molar-refractivity contribution >= 4 is 17.5 Å². The van der Waals surface area contributed by atoms with Crippen LogP contribution < -0.4 is 0 Å². The summed E-state index contributed by atoms with van der Waals surface area (Å²) in [4.78, 5) is 12.3. The first-order valence-corrected chi connectivity index (χ1v) is 8.28. The lowest BCUT2D eigenvalue weighted by molar-refractivity contribution is 0.0993. The zero-order valence-electron chi connectivity index (χ0n) is 13.2. The Kier molecular flexibility index (Phi) is 4.76. The molecule has 0 saturated carbocycles. The van der Waals surface area contributed by atoms with E-state index in [1.165, 1.54) is 36.0 Å². The van der Waals surface area contributed by atoms with Crippen molar-refractivity contribution in [3.63, 3.8) is 0 Å². The highest BCUT2D eigenvalue weighted by Crippen LogP contribution is 2.28. The van der Waals surface area contributed by atoms with Gasteiger partial charge in [0.25, 0.3) is 5.22 Å². The fourth-order valence-corrected chi connectivity index (χ4v) is 2.97. The number of carbonyl (C=O) groups excluding carboxylic acids is 1. The minimum Gasteiger partial charge on any atom is -0.411 e. The van der Waals surface area contributed by atoms with Gasteiger partial charge >= 0.3 is 0 Å². The minimum atomic E-state index is -0.415. The van der Waals surface area contributed by atoms with E-state index in [4.69, 9.17) is 4.42 Å². The summed E-state index contributed by atoms with van der Waals surface area (Å²) in [5, 5.41) is 7.93. The summed E-state index contributed by atoms with van der Waals surface area (Å²) in [6, 6.07) is 13.2. The van der Waals surface area contributed by atoms with Gasteiger partial charge in [0.15, 0.2) is 5.78 Å². The first-order chi connectivity index (χ1) is 11.5. The molecule has 1 heterocycles. The number of ketones is 1. The highest BCUT2D eigenvalue weighted by molar-refractivity contribution is 8.00. The number of Topliss-reactive ketones (excluding diaryl/α,β-unsaturated/α-hetero) is 1. The van der Waals surface area contributed by atoms with Crippen molar-refractivity contribution < 1.29 is 13.6 Å².